The number of nitrogens with two attached hydrogens (primary N) is 1. The van der Waals surface area contributed by atoms with Crippen LogP contribution in [0.1, 0.15) is 13.8 Å². The monoisotopic (exact) mass is 248 g/mol. The molecular formula is C12H12N2O2S. The van der Waals surface area contributed by atoms with E-state index >= 15 is 0 Å². The van der Waals surface area contributed by atoms with Gasteiger partial charge in [-0.1, -0.05) is 23.0 Å². The number of hydrogen-bond acceptors (Lipinski definition) is 5. The number of hydrogen-bond donors (Lipinski definition) is 1. The molecule has 0 atom stereocenters. The molecule has 17 heavy (non-hydrogen) atoms. The molecule has 2 aromatic rings. The lowest BCUT2D eigenvalue weighted by Gasteiger charge is -2.15. The van der Waals surface area contributed by atoms with Crippen molar-refractivity contribution in [3.05, 3.63) is 24.4 Å². The van der Waals surface area contributed by atoms with Gasteiger partial charge < -0.3 is 15.0 Å². The van der Waals surface area contributed by atoms with Crippen LogP contribution in [0.5, 0.6) is 5.75 Å². The maximum absolute atomic E-state index is 5.84. The molecule has 0 amide bonds. The fourth-order valence-corrected chi connectivity index (χ4v) is 2.85. The molecule has 0 aliphatic carbocycles. The van der Waals surface area contributed by atoms with Crippen molar-refractivity contribution in [3.8, 4) is 16.9 Å². The van der Waals surface area contributed by atoms with Crippen molar-refractivity contribution in [3.63, 3.8) is 0 Å². The van der Waals surface area contributed by atoms with Crippen molar-refractivity contribution in [2.75, 3.05) is 5.73 Å². The molecule has 1 aromatic carbocycles. The molecule has 2 N–H and O–H groups in total. The van der Waals surface area contributed by atoms with Crippen molar-refractivity contribution < 1.29 is 9.26 Å². The summed E-state index contributed by atoms with van der Waals surface area (Å²) < 4.78 is 10.7. The molecule has 4 nitrogen and oxygen atoms in total. The van der Waals surface area contributed by atoms with Crippen LogP contribution in [0.4, 0.5) is 5.88 Å². The Balaban J connectivity index is 2.05. The Hall–Kier alpha value is -1.62. The summed E-state index contributed by atoms with van der Waals surface area (Å²) in [5.41, 5.74) is 7.45. The molecule has 0 bridgehead atoms. The second-order valence-corrected chi connectivity index (χ2v) is 6.00. The zero-order valence-electron chi connectivity index (χ0n) is 9.56. The van der Waals surface area contributed by atoms with Gasteiger partial charge in [0, 0.05) is 0 Å². The maximum atomic E-state index is 5.84. The molecule has 0 radical (unpaired) electrons. The summed E-state index contributed by atoms with van der Waals surface area (Å²) >= 11 is 1.71. The Labute approximate surface area is 103 Å². The molecule has 3 rings (SSSR count). The molecule has 0 saturated heterocycles. The van der Waals surface area contributed by atoms with Gasteiger partial charge in [-0.25, -0.2) is 0 Å². The number of aromatic nitrogens is 1. The van der Waals surface area contributed by atoms with Crippen molar-refractivity contribution in [1.29, 1.82) is 0 Å². The predicted octanol–water partition coefficient (Wildman–Crippen LogP) is 3.14. The van der Waals surface area contributed by atoms with Crippen LogP contribution in [0.15, 0.2) is 33.8 Å². The molecule has 0 saturated carbocycles. The molecule has 0 fully saturated rings. The third-order valence-electron chi connectivity index (χ3n) is 2.56. The minimum Gasteiger partial charge on any atom is -0.476 e. The maximum Gasteiger partial charge on any atom is 0.229 e. The van der Waals surface area contributed by atoms with Crippen LogP contribution >= 0.6 is 11.8 Å². The lowest BCUT2D eigenvalue weighted by Crippen LogP contribution is -2.17. The summed E-state index contributed by atoms with van der Waals surface area (Å²) in [7, 11) is 0. The Morgan fingerprint density at radius 2 is 2.18 bits per heavy atom. The van der Waals surface area contributed by atoms with E-state index in [4.69, 9.17) is 15.0 Å². The molecule has 1 aromatic heterocycles. The highest BCUT2D eigenvalue weighted by Gasteiger charge is 2.31. The van der Waals surface area contributed by atoms with Gasteiger partial charge in [0.25, 0.3) is 0 Å². The van der Waals surface area contributed by atoms with E-state index in [2.05, 4.69) is 5.16 Å². The van der Waals surface area contributed by atoms with Crippen LogP contribution < -0.4 is 10.5 Å². The smallest absolute Gasteiger partial charge is 0.229 e. The summed E-state index contributed by atoms with van der Waals surface area (Å²) in [6.07, 6.45) is 1.62. The van der Waals surface area contributed by atoms with E-state index in [1.807, 2.05) is 32.0 Å². The van der Waals surface area contributed by atoms with E-state index in [0.717, 1.165) is 21.8 Å². The second-order valence-electron chi connectivity index (χ2n) is 4.37. The molecular weight excluding hydrogens is 236 g/mol. The molecule has 0 spiro atoms. The van der Waals surface area contributed by atoms with Crippen molar-refractivity contribution in [1.82, 2.24) is 5.16 Å². The van der Waals surface area contributed by atoms with Gasteiger partial charge in [-0.15, -0.1) is 0 Å². The fourth-order valence-electron chi connectivity index (χ4n) is 1.86. The van der Waals surface area contributed by atoms with Crippen LogP contribution in [0, 0.1) is 0 Å². The number of nitrogen functional groups attached to an aromatic ring is 1. The minimum atomic E-state index is -0.207. The zero-order chi connectivity index (χ0) is 12.0. The van der Waals surface area contributed by atoms with Gasteiger partial charge in [0.2, 0.25) is 5.88 Å². The number of rotatable bonds is 1. The summed E-state index contributed by atoms with van der Waals surface area (Å²) in [5.74, 6) is 1.22. The third-order valence-corrected chi connectivity index (χ3v) is 3.70. The largest absolute Gasteiger partial charge is 0.476 e. The Bertz CT molecular complexity index is 578. The first kappa shape index (κ1) is 10.5. The van der Waals surface area contributed by atoms with Crippen molar-refractivity contribution in [2.45, 2.75) is 23.7 Å². The number of nitrogens with zero attached hydrogens (tertiary/aromatic N) is 1. The average molecular weight is 248 g/mol. The summed E-state index contributed by atoms with van der Waals surface area (Å²) in [6, 6.07) is 6.01. The van der Waals surface area contributed by atoms with E-state index in [0.29, 0.717) is 5.88 Å². The Kier molecular flexibility index (Phi) is 2.13. The summed E-state index contributed by atoms with van der Waals surface area (Å²) in [4.78, 5) is 0.940. The average Bonchev–Trinajstić information content (AvgIpc) is 2.78. The first-order chi connectivity index (χ1) is 8.05. The number of ether oxygens (including phenoxy) is 1. The number of anilines is 1. The molecule has 2 heterocycles. The van der Waals surface area contributed by atoms with Crippen LogP contribution in [0.3, 0.4) is 0 Å². The molecule has 0 unspecified atom stereocenters. The van der Waals surface area contributed by atoms with E-state index in [-0.39, 0.29) is 4.93 Å². The molecule has 1 aliphatic heterocycles. The minimum absolute atomic E-state index is 0.207. The van der Waals surface area contributed by atoms with Gasteiger partial charge in [0.15, 0.2) is 4.93 Å². The van der Waals surface area contributed by atoms with Gasteiger partial charge >= 0.3 is 0 Å². The van der Waals surface area contributed by atoms with E-state index in [1.54, 1.807) is 18.0 Å². The number of thioether (sulfide) groups is 1. The van der Waals surface area contributed by atoms with Crippen molar-refractivity contribution >= 4 is 17.6 Å². The first-order valence-electron chi connectivity index (χ1n) is 5.28. The number of benzene rings is 1. The first-order valence-corrected chi connectivity index (χ1v) is 6.09. The van der Waals surface area contributed by atoms with Gasteiger partial charge in [-0.3, -0.25) is 0 Å². The van der Waals surface area contributed by atoms with Gasteiger partial charge in [0.1, 0.15) is 5.75 Å². The van der Waals surface area contributed by atoms with Gasteiger partial charge in [-0.2, -0.15) is 0 Å². The summed E-state index contributed by atoms with van der Waals surface area (Å²) in [5, 5.41) is 3.67. The van der Waals surface area contributed by atoms with E-state index < -0.39 is 0 Å². The van der Waals surface area contributed by atoms with Crippen LogP contribution in [0.2, 0.25) is 0 Å². The number of fused-ring (bicyclic) bond motifs is 1. The quantitative estimate of drug-likeness (QED) is 0.840. The molecule has 1 aliphatic rings. The van der Waals surface area contributed by atoms with Crippen LogP contribution in [-0.2, 0) is 0 Å². The zero-order valence-corrected chi connectivity index (χ0v) is 10.4. The topological polar surface area (TPSA) is 61.3 Å². The van der Waals surface area contributed by atoms with Gasteiger partial charge in [-0.05, 0) is 31.5 Å². The Morgan fingerprint density at radius 3 is 2.88 bits per heavy atom. The highest BCUT2D eigenvalue weighted by Crippen LogP contribution is 2.48. The fraction of sp³-hybridized carbons (Fsp3) is 0.250. The van der Waals surface area contributed by atoms with Crippen molar-refractivity contribution in [2.24, 2.45) is 0 Å². The lowest BCUT2D eigenvalue weighted by molar-refractivity contribution is 0.215. The van der Waals surface area contributed by atoms with E-state index in [9.17, 15) is 0 Å². The highest BCUT2D eigenvalue weighted by atomic mass is 32.2. The highest BCUT2D eigenvalue weighted by molar-refractivity contribution is 8.00. The standard InChI is InChI=1S/C12H12N2O2S/c1-12(2)15-9-5-7(3-4-10(9)17-12)8-6-14-16-11(8)13/h3-6H,13H2,1-2H3. The predicted molar refractivity (Wildman–Crippen MR) is 66.9 cm³/mol. The SMILES string of the molecule is CC1(C)Oc2cc(-c3cnoc3N)ccc2S1. The third kappa shape index (κ3) is 1.76. The van der Waals surface area contributed by atoms with Crippen LogP contribution in [0.25, 0.3) is 11.1 Å². The molecule has 88 valence electrons. The second kappa shape index (κ2) is 3.43. The van der Waals surface area contributed by atoms with Gasteiger partial charge in [0.05, 0.1) is 16.7 Å². The van der Waals surface area contributed by atoms with Crippen LogP contribution in [-0.4, -0.2) is 10.1 Å². The lowest BCUT2D eigenvalue weighted by atomic mass is 10.1. The Morgan fingerprint density at radius 1 is 1.35 bits per heavy atom. The normalized spacial score (nSPS) is 16.6. The summed E-state index contributed by atoms with van der Waals surface area (Å²) in [6.45, 7) is 4.09. The van der Waals surface area contributed by atoms with E-state index in [1.165, 1.54) is 0 Å². The molecule has 5 heteroatoms.